The van der Waals surface area contributed by atoms with Crippen LogP contribution in [0.2, 0.25) is 0 Å². The highest BCUT2D eigenvalue weighted by molar-refractivity contribution is 7.09. The standard InChI is InChI=1S/C12H12NO2S/c1-9-13-10(8-16-9)7-15-12-6-4-3-5-11(12)14-2/h4-6,8H,7H2,1-2H3. The molecule has 83 valence electrons. The van der Waals surface area contributed by atoms with E-state index in [-0.39, 0.29) is 0 Å². The molecule has 2 rings (SSSR count). The molecule has 0 aliphatic heterocycles. The van der Waals surface area contributed by atoms with Gasteiger partial charge >= 0.3 is 0 Å². The molecule has 0 unspecified atom stereocenters. The fourth-order valence-corrected chi connectivity index (χ4v) is 1.90. The summed E-state index contributed by atoms with van der Waals surface area (Å²) in [6.45, 7) is 2.44. The molecule has 1 radical (unpaired) electrons. The van der Waals surface area contributed by atoms with Crippen molar-refractivity contribution in [1.29, 1.82) is 0 Å². The van der Waals surface area contributed by atoms with Gasteiger partial charge in [-0.15, -0.1) is 11.3 Å². The van der Waals surface area contributed by atoms with Crippen LogP contribution in [0.15, 0.2) is 23.6 Å². The van der Waals surface area contributed by atoms with Crippen LogP contribution < -0.4 is 9.47 Å². The maximum absolute atomic E-state index is 5.63. The molecule has 4 heteroatoms. The molecular formula is C12H12NO2S. The number of thiazole rings is 1. The molecule has 0 atom stereocenters. The van der Waals surface area contributed by atoms with E-state index in [0.29, 0.717) is 18.1 Å². The number of rotatable bonds is 4. The topological polar surface area (TPSA) is 31.4 Å². The van der Waals surface area contributed by atoms with E-state index in [0.717, 1.165) is 10.7 Å². The Hall–Kier alpha value is -1.55. The molecule has 1 aromatic carbocycles. The lowest BCUT2D eigenvalue weighted by molar-refractivity contribution is 0.281. The number of hydrogen-bond donors (Lipinski definition) is 0. The number of benzene rings is 1. The largest absolute Gasteiger partial charge is 0.493 e. The number of hydrogen-bond acceptors (Lipinski definition) is 4. The van der Waals surface area contributed by atoms with Crippen molar-refractivity contribution in [3.05, 3.63) is 40.3 Å². The second-order valence-corrected chi connectivity index (χ2v) is 4.29. The maximum atomic E-state index is 5.63. The van der Waals surface area contributed by atoms with Gasteiger partial charge in [-0.05, 0) is 25.1 Å². The van der Waals surface area contributed by atoms with Crippen molar-refractivity contribution < 1.29 is 9.47 Å². The number of aromatic nitrogens is 1. The lowest BCUT2D eigenvalue weighted by Gasteiger charge is -2.08. The van der Waals surface area contributed by atoms with Gasteiger partial charge in [0, 0.05) is 5.38 Å². The molecular weight excluding hydrogens is 222 g/mol. The number of nitrogens with zero attached hydrogens (tertiary/aromatic N) is 1. The molecule has 1 heterocycles. The van der Waals surface area contributed by atoms with Crippen molar-refractivity contribution in [2.75, 3.05) is 7.11 Å². The second kappa shape index (κ2) is 4.99. The van der Waals surface area contributed by atoms with Crippen molar-refractivity contribution in [3.8, 4) is 11.5 Å². The molecule has 0 saturated heterocycles. The summed E-state index contributed by atoms with van der Waals surface area (Å²) >= 11 is 1.62. The van der Waals surface area contributed by atoms with Gasteiger partial charge in [-0.25, -0.2) is 4.98 Å². The molecule has 0 saturated carbocycles. The Kier molecular flexibility index (Phi) is 3.41. The van der Waals surface area contributed by atoms with E-state index in [1.165, 1.54) is 0 Å². The van der Waals surface area contributed by atoms with Crippen molar-refractivity contribution in [2.45, 2.75) is 13.5 Å². The molecule has 0 bridgehead atoms. The molecule has 0 aliphatic carbocycles. The van der Waals surface area contributed by atoms with E-state index in [4.69, 9.17) is 9.47 Å². The van der Waals surface area contributed by atoms with Gasteiger partial charge in [0.15, 0.2) is 11.5 Å². The summed E-state index contributed by atoms with van der Waals surface area (Å²) in [5.74, 6) is 1.40. The normalized spacial score (nSPS) is 10.1. The fraction of sp³-hybridized carbons (Fsp3) is 0.250. The first kappa shape index (κ1) is 11.0. The first-order valence-corrected chi connectivity index (χ1v) is 5.75. The SMILES string of the molecule is COc1c[c]ccc1OCc1csc(C)n1. The van der Waals surface area contributed by atoms with Gasteiger partial charge in [-0.2, -0.15) is 0 Å². The van der Waals surface area contributed by atoms with Crippen LogP contribution in [0.25, 0.3) is 0 Å². The predicted octanol–water partition coefficient (Wildman–Crippen LogP) is 2.84. The van der Waals surface area contributed by atoms with Crippen LogP contribution in [-0.4, -0.2) is 12.1 Å². The van der Waals surface area contributed by atoms with Gasteiger partial charge in [0.1, 0.15) is 6.61 Å². The fourth-order valence-electron chi connectivity index (χ4n) is 1.31. The first-order chi connectivity index (χ1) is 7.79. The minimum atomic E-state index is 0.463. The van der Waals surface area contributed by atoms with Crippen LogP contribution in [0, 0.1) is 13.0 Å². The zero-order valence-electron chi connectivity index (χ0n) is 9.19. The van der Waals surface area contributed by atoms with Gasteiger partial charge in [0.25, 0.3) is 0 Å². The molecule has 3 nitrogen and oxygen atoms in total. The van der Waals surface area contributed by atoms with Crippen LogP contribution in [0.3, 0.4) is 0 Å². The van der Waals surface area contributed by atoms with E-state index < -0.39 is 0 Å². The molecule has 16 heavy (non-hydrogen) atoms. The molecule has 1 aromatic heterocycles. The minimum absolute atomic E-state index is 0.463. The summed E-state index contributed by atoms with van der Waals surface area (Å²) in [5, 5.41) is 3.05. The Bertz CT molecular complexity index is 468. The number of aryl methyl sites for hydroxylation is 1. The molecule has 0 amide bonds. The average Bonchev–Trinajstić information content (AvgIpc) is 2.73. The third kappa shape index (κ3) is 2.52. The maximum Gasteiger partial charge on any atom is 0.161 e. The van der Waals surface area contributed by atoms with Crippen LogP contribution in [0.5, 0.6) is 11.5 Å². The molecule has 2 aromatic rings. The Labute approximate surface area is 98.7 Å². The van der Waals surface area contributed by atoms with E-state index in [1.54, 1.807) is 30.6 Å². The third-order valence-corrected chi connectivity index (χ3v) is 2.87. The molecule has 0 aliphatic rings. The van der Waals surface area contributed by atoms with E-state index in [2.05, 4.69) is 11.1 Å². The highest BCUT2D eigenvalue weighted by atomic mass is 32.1. The predicted molar refractivity (Wildman–Crippen MR) is 63.0 cm³/mol. The second-order valence-electron chi connectivity index (χ2n) is 3.22. The first-order valence-electron chi connectivity index (χ1n) is 4.87. The molecule has 0 N–H and O–H groups in total. The summed E-state index contributed by atoms with van der Waals surface area (Å²) in [5.41, 5.74) is 0.942. The van der Waals surface area contributed by atoms with Gasteiger partial charge in [-0.1, -0.05) is 6.07 Å². The van der Waals surface area contributed by atoms with Crippen LogP contribution in [0.4, 0.5) is 0 Å². The molecule has 0 spiro atoms. The van der Waals surface area contributed by atoms with Gasteiger partial charge < -0.3 is 9.47 Å². The van der Waals surface area contributed by atoms with Crippen molar-refractivity contribution >= 4 is 11.3 Å². The molecule has 0 fully saturated rings. The Morgan fingerprint density at radius 3 is 3.00 bits per heavy atom. The minimum Gasteiger partial charge on any atom is -0.493 e. The number of methoxy groups -OCH3 is 1. The van der Waals surface area contributed by atoms with Gasteiger partial charge in [-0.3, -0.25) is 0 Å². The lowest BCUT2D eigenvalue weighted by Crippen LogP contribution is -1.97. The summed E-state index contributed by atoms with van der Waals surface area (Å²) < 4.78 is 10.8. The van der Waals surface area contributed by atoms with Crippen molar-refractivity contribution in [1.82, 2.24) is 4.98 Å². The summed E-state index contributed by atoms with van der Waals surface area (Å²) in [6, 6.07) is 8.31. The zero-order valence-corrected chi connectivity index (χ0v) is 10.0. The van der Waals surface area contributed by atoms with Crippen molar-refractivity contribution in [2.24, 2.45) is 0 Å². The smallest absolute Gasteiger partial charge is 0.161 e. The van der Waals surface area contributed by atoms with E-state index >= 15 is 0 Å². The number of ether oxygens (including phenoxy) is 2. The highest BCUT2D eigenvalue weighted by Gasteiger charge is 2.04. The van der Waals surface area contributed by atoms with Crippen molar-refractivity contribution in [3.63, 3.8) is 0 Å². The van der Waals surface area contributed by atoms with E-state index in [9.17, 15) is 0 Å². The summed E-state index contributed by atoms with van der Waals surface area (Å²) in [6.07, 6.45) is 0. The van der Waals surface area contributed by atoms with Crippen LogP contribution in [-0.2, 0) is 6.61 Å². The monoisotopic (exact) mass is 234 g/mol. The highest BCUT2D eigenvalue weighted by Crippen LogP contribution is 2.26. The van der Waals surface area contributed by atoms with Gasteiger partial charge in [0.05, 0.1) is 17.8 Å². The Morgan fingerprint density at radius 2 is 2.31 bits per heavy atom. The van der Waals surface area contributed by atoms with Gasteiger partial charge in [0.2, 0.25) is 0 Å². The third-order valence-electron chi connectivity index (χ3n) is 2.05. The summed E-state index contributed by atoms with van der Waals surface area (Å²) in [4.78, 5) is 4.33. The Morgan fingerprint density at radius 1 is 1.44 bits per heavy atom. The summed E-state index contributed by atoms with van der Waals surface area (Å²) in [7, 11) is 1.61. The zero-order chi connectivity index (χ0) is 11.4. The quantitative estimate of drug-likeness (QED) is 0.815. The lowest BCUT2D eigenvalue weighted by atomic mass is 10.3. The Balaban J connectivity index is 2.04. The van der Waals surface area contributed by atoms with Crippen LogP contribution in [0.1, 0.15) is 10.7 Å². The average molecular weight is 234 g/mol. The van der Waals surface area contributed by atoms with Crippen LogP contribution >= 0.6 is 11.3 Å². The van der Waals surface area contributed by atoms with E-state index in [1.807, 2.05) is 18.4 Å².